The zero-order chi connectivity index (χ0) is 2.00. The topological polar surface area (TPSA) is 17.1 Å². The molecule has 0 fully saturated rings. The van der Waals surface area contributed by atoms with Gasteiger partial charge in [-0.15, -0.1) is 0 Å². The molecule has 0 aliphatic rings. The number of hydrogen-bond acceptors (Lipinski definition) is 1. The van der Waals surface area contributed by atoms with Gasteiger partial charge in [0.2, 0.25) is 0 Å². The second kappa shape index (κ2) is 29.7. The van der Waals surface area contributed by atoms with Gasteiger partial charge in [0.25, 0.3) is 0 Å². The van der Waals surface area contributed by atoms with E-state index in [0.717, 1.165) is 0 Å². The van der Waals surface area contributed by atoms with Crippen LogP contribution in [-0.4, -0.2) is 67.9 Å². The van der Waals surface area contributed by atoms with Crippen molar-refractivity contribution < 1.29 is 22.6 Å². The zero-order valence-electron chi connectivity index (χ0n) is 1.52. The molecule has 1 nitrogen and oxygen atoms in total. The summed E-state index contributed by atoms with van der Waals surface area (Å²) < 4.78 is 8.26. The second-order valence-corrected chi connectivity index (χ2v) is 0. The van der Waals surface area contributed by atoms with E-state index in [9.17, 15) is 0 Å². The van der Waals surface area contributed by atoms with E-state index in [1.54, 1.807) is 0 Å². The molecule has 0 spiro atoms. The summed E-state index contributed by atoms with van der Waals surface area (Å²) in [4.78, 5) is 0. The van der Waals surface area contributed by atoms with E-state index in [0.29, 0.717) is 22.3 Å². The van der Waals surface area contributed by atoms with Gasteiger partial charge in [0.05, 0.1) is 0 Å². The summed E-state index contributed by atoms with van der Waals surface area (Å²) >= 11 is 0.700. The van der Waals surface area contributed by atoms with Gasteiger partial charge in [0, 0.05) is 19.5 Å². The molecule has 0 aromatic carbocycles. The Bertz CT molecular complexity index is 11.6. The predicted molar refractivity (Wildman–Crippen MR) is 26.3 cm³/mol. The van der Waals surface area contributed by atoms with Gasteiger partial charge in [0.15, 0.2) is 0 Å². The molecule has 0 heterocycles. The monoisotopic (exact) mass is 400 g/mol. The van der Waals surface area contributed by atoms with Crippen LogP contribution >= 0.6 is 0 Å². The first kappa shape index (κ1) is 25.2. The standard InChI is InChI=1S/Ga.In.OTe.Zn.6H/c;;1-2;;;;;;;. The maximum atomic E-state index is 8.26. The van der Waals surface area contributed by atoms with Gasteiger partial charge in [-0.2, -0.15) is 0 Å². The summed E-state index contributed by atoms with van der Waals surface area (Å²) in [6, 6.07) is 0. The minimum absolute atomic E-state index is 0. The fourth-order valence-corrected chi connectivity index (χ4v) is 0. The average Bonchev–Trinajstić information content (AvgIpc) is 1.00. The van der Waals surface area contributed by atoms with E-state index in [1.807, 2.05) is 0 Å². The SMILES string of the molecule is O=[Te].[GaH3].[InH3].[Zn]. The fourth-order valence-electron chi connectivity index (χ4n) is 0. The number of hydrogen-bond donors (Lipinski definition) is 0. The molecule has 0 N–H and O–H groups in total. The summed E-state index contributed by atoms with van der Waals surface area (Å²) in [6.07, 6.45) is 0. The van der Waals surface area contributed by atoms with E-state index in [-0.39, 0.29) is 65.1 Å². The molecule has 5 heteroatoms. The minimum Gasteiger partial charge on any atom is 0 e. The Morgan fingerprint density at radius 3 is 1.20 bits per heavy atom. The van der Waals surface area contributed by atoms with Gasteiger partial charge in [-0.3, -0.25) is 0 Å². The van der Waals surface area contributed by atoms with Crippen molar-refractivity contribution in [1.29, 1.82) is 0 Å². The molecule has 0 aliphatic heterocycles. The summed E-state index contributed by atoms with van der Waals surface area (Å²) in [5.41, 5.74) is 0. The van der Waals surface area contributed by atoms with Crippen molar-refractivity contribution in [2.45, 2.75) is 0 Å². The third-order valence-electron chi connectivity index (χ3n) is 0. The van der Waals surface area contributed by atoms with Gasteiger partial charge < -0.3 is 0 Å². The smallest absolute Gasteiger partial charge is 0 e. The van der Waals surface area contributed by atoms with Crippen molar-refractivity contribution in [3.8, 4) is 0 Å². The van der Waals surface area contributed by atoms with Gasteiger partial charge >= 0.3 is 71.0 Å². The van der Waals surface area contributed by atoms with E-state index >= 15 is 0 Å². The van der Waals surface area contributed by atoms with E-state index in [1.165, 1.54) is 0 Å². The molecule has 0 aromatic rings. The van der Waals surface area contributed by atoms with E-state index in [2.05, 4.69) is 0 Å². The van der Waals surface area contributed by atoms with Gasteiger partial charge in [0.1, 0.15) is 0 Å². The Hall–Kier alpha value is 2.72. The van der Waals surface area contributed by atoms with Crippen LogP contribution in [-0.2, 0) is 22.6 Å². The molecule has 0 saturated heterocycles. The molecule has 0 atom stereocenters. The predicted octanol–water partition coefficient (Wildman–Crippen LogP) is -2.87. The summed E-state index contributed by atoms with van der Waals surface area (Å²) in [5, 5.41) is 0. The molecule has 0 unspecified atom stereocenters. The van der Waals surface area contributed by atoms with Gasteiger partial charge in [-0.05, 0) is 0 Å². The van der Waals surface area contributed by atoms with Crippen molar-refractivity contribution in [2.24, 2.45) is 0 Å². The van der Waals surface area contributed by atoms with Gasteiger partial charge in [-0.1, -0.05) is 0 Å². The van der Waals surface area contributed by atoms with Crippen molar-refractivity contribution in [1.82, 2.24) is 0 Å². The van der Waals surface area contributed by atoms with Crippen LogP contribution in [0.25, 0.3) is 0 Å². The van der Waals surface area contributed by atoms with Crippen LogP contribution in [0, 0.1) is 0 Å². The normalized spacial score (nSPS) is 0.800. The van der Waals surface area contributed by atoms with Crippen LogP contribution in [0.4, 0.5) is 0 Å². The molecule has 0 amide bonds. The largest absolute Gasteiger partial charge is 0 e. The van der Waals surface area contributed by atoms with Crippen LogP contribution in [0.5, 0.6) is 0 Å². The molecule has 0 saturated carbocycles. The Morgan fingerprint density at radius 1 is 1.20 bits per heavy atom. The van der Waals surface area contributed by atoms with Crippen molar-refractivity contribution in [3.05, 3.63) is 0 Å². The molecule has 0 radical (unpaired) electrons. The van der Waals surface area contributed by atoms with Crippen LogP contribution in [0.1, 0.15) is 0 Å². The third-order valence-corrected chi connectivity index (χ3v) is 0. The fraction of sp³-hybridized carbons (Fsp3) is 0. The average molecular weight is 400 g/mol. The molecule has 5 heavy (non-hydrogen) atoms. The Morgan fingerprint density at radius 2 is 1.20 bits per heavy atom. The number of rotatable bonds is 0. The van der Waals surface area contributed by atoms with E-state index in [4.69, 9.17) is 3.10 Å². The Labute approximate surface area is 88.9 Å². The van der Waals surface area contributed by atoms with Crippen molar-refractivity contribution in [3.63, 3.8) is 0 Å². The molecule has 0 rings (SSSR count). The first-order valence-corrected chi connectivity index (χ1v) is 1.12. The molecule has 26 valence electrons. The van der Waals surface area contributed by atoms with Crippen LogP contribution in [0.15, 0.2) is 0 Å². The van der Waals surface area contributed by atoms with Crippen molar-refractivity contribution in [2.75, 3.05) is 0 Å². The Kier molecular flexibility index (Phi) is 150. The molecule has 0 bridgehead atoms. The van der Waals surface area contributed by atoms with E-state index < -0.39 is 0 Å². The molecule has 0 aliphatic carbocycles. The summed E-state index contributed by atoms with van der Waals surface area (Å²) in [7, 11) is 0. The molecular formula is H6GaInOTeZn. The molecule has 0 aromatic heterocycles. The first-order chi connectivity index (χ1) is 1.00. The molecular weight excluding hydrogens is 394 g/mol. The Balaban J connectivity index is -0.00000000167. The zero-order valence-corrected chi connectivity index (χ0v) is 6.82. The maximum absolute atomic E-state index is 8.26. The quantitative estimate of drug-likeness (QED) is 0.401. The van der Waals surface area contributed by atoms with Crippen LogP contribution < -0.4 is 0 Å². The second-order valence-electron chi connectivity index (χ2n) is 0. The van der Waals surface area contributed by atoms with Crippen molar-refractivity contribution >= 4 is 67.9 Å². The maximum Gasteiger partial charge on any atom is 0 e. The van der Waals surface area contributed by atoms with Crippen LogP contribution in [0.2, 0.25) is 0 Å². The van der Waals surface area contributed by atoms with Crippen LogP contribution in [0.3, 0.4) is 0 Å². The summed E-state index contributed by atoms with van der Waals surface area (Å²) in [6.45, 7) is 0. The summed E-state index contributed by atoms with van der Waals surface area (Å²) in [5.74, 6) is 0. The first-order valence-electron chi connectivity index (χ1n) is 0.167. The van der Waals surface area contributed by atoms with Gasteiger partial charge in [-0.25, -0.2) is 0 Å². The minimum atomic E-state index is 0. The third kappa shape index (κ3) is 20.2.